The van der Waals surface area contributed by atoms with E-state index in [4.69, 9.17) is 5.73 Å². The van der Waals surface area contributed by atoms with Crippen LogP contribution in [0.3, 0.4) is 0 Å². The number of nitrogens with one attached hydrogen (secondary N) is 1. The van der Waals surface area contributed by atoms with E-state index in [1.807, 2.05) is 14.0 Å². The standard InChI is InChI=1S/C15H18F3N5O/c1-10-12(9-22-23(10)2)8-21-14(19)20-7-11-3-5-13(6-4-11)24-15(16,17)18/h3-6,9H,7-8H2,1-2H3,(H3,19,20,21). The van der Waals surface area contributed by atoms with Gasteiger partial charge >= 0.3 is 6.36 Å². The van der Waals surface area contributed by atoms with Crippen LogP contribution < -0.4 is 15.8 Å². The Balaban J connectivity index is 1.86. The van der Waals surface area contributed by atoms with Crippen LogP contribution in [-0.4, -0.2) is 22.1 Å². The second-order valence-corrected chi connectivity index (χ2v) is 5.13. The summed E-state index contributed by atoms with van der Waals surface area (Å²) in [5.74, 6) is -0.0257. The summed E-state index contributed by atoms with van der Waals surface area (Å²) in [6.45, 7) is 2.69. The number of aryl methyl sites for hydroxylation is 1. The van der Waals surface area contributed by atoms with Crippen LogP contribution in [0.5, 0.6) is 5.75 Å². The maximum atomic E-state index is 12.1. The lowest BCUT2D eigenvalue weighted by atomic mass is 10.2. The first-order valence-corrected chi connectivity index (χ1v) is 7.10. The molecule has 3 N–H and O–H groups in total. The molecule has 0 bridgehead atoms. The molecule has 0 aliphatic heterocycles. The third-order valence-electron chi connectivity index (χ3n) is 3.39. The van der Waals surface area contributed by atoms with Crippen molar-refractivity contribution in [2.24, 2.45) is 17.8 Å². The molecule has 1 aromatic heterocycles. The minimum atomic E-state index is -4.70. The Bertz CT molecular complexity index is 707. The normalized spacial score (nSPS) is 12.3. The monoisotopic (exact) mass is 341 g/mol. The van der Waals surface area contributed by atoms with Crippen molar-refractivity contribution in [1.82, 2.24) is 15.1 Å². The van der Waals surface area contributed by atoms with E-state index in [2.05, 4.69) is 20.1 Å². The van der Waals surface area contributed by atoms with Gasteiger partial charge in [0.15, 0.2) is 5.96 Å². The molecule has 2 aromatic rings. The first-order valence-electron chi connectivity index (χ1n) is 7.10. The Labute approximate surface area is 137 Å². The van der Waals surface area contributed by atoms with Gasteiger partial charge in [-0.25, -0.2) is 4.99 Å². The second-order valence-electron chi connectivity index (χ2n) is 5.13. The van der Waals surface area contributed by atoms with Gasteiger partial charge in [0.05, 0.1) is 12.7 Å². The van der Waals surface area contributed by atoms with Gasteiger partial charge in [0.1, 0.15) is 5.75 Å². The van der Waals surface area contributed by atoms with Crippen molar-refractivity contribution in [3.05, 3.63) is 47.3 Å². The zero-order valence-corrected chi connectivity index (χ0v) is 13.3. The van der Waals surface area contributed by atoms with Gasteiger partial charge in [-0.2, -0.15) is 5.10 Å². The summed E-state index contributed by atoms with van der Waals surface area (Å²) in [5.41, 5.74) is 8.52. The fourth-order valence-electron chi connectivity index (χ4n) is 1.93. The molecule has 1 aromatic carbocycles. The predicted octanol–water partition coefficient (Wildman–Crippen LogP) is 2.23. The number of rotatable bonds is 5. The first kappa shape index (κ1) is 17.6. The number of nitrogens with zero attached hydrogens (tertiary/aromatic N) is 3. The third kappa shape index (κ3) is 5.18. The van der Waals surface area contributed by atoms with Gasteiger partial charge in [0.25, 0.3) is 0 Å². The molecule has 0 aliphatic carbocycles. The van der Waals surface area contributed by atoms with Gasteiger partial charge in [-0.3, -0.25) is 4.68 Å². The predicted molar refractivity (Wildman–Crippen MR) is 83.2 cm³/mol. The van der Waals surface area contributed by atoms with Crippen LogP contribution in [0.15, 0.2) is 35.5 Å². The average Bonchev–Trinajstić information content (AvgIpc) is 2.82. The molecule has 0 amide bonds. The fraction of sp³-hybridized carbons (Fsp3) is 0.333. The molecular weight excluding hydrogens is 323 g/mol. The minimum Gasteiger partial charge on any atom is -0.406 e. The molecule has 24 heavy (non-hydrogen) atoms. The maximum Gasteiger partial charge on any atom is 0.573 e. The number of ether oxygens (including phenoxy) is 1. The number of nitrogens with two attached hydrogens (primary N) is 1. The van der Waals surface area contributed by atoms with Gasteiger partial charge in [-0.05, 0) is 24.6 Å². The van der Waals surface area contributed by atoms with E-state index in [-0.39, 0.29) is 18.3 Å². The zero-order chi connectivity index (χ0) is 17.7. The van der Waals surface area contributed by atoms with E-state index in [1.54, 1.807) is 10.9 Å². The number of halogens is 3. The van der Waals surface area contributed by atoms with Gasteiger partial charge in [0.2, 0.25) is 0 Å². The molecule has 9 heteroatoms. The second kappa shape index (κ2) is 7.24. The summed E-state index contributed by atoms with van der Waals surface area (Å²) in [6.07, 6.45) is -2.95. The lowest BCUT2D eigenvalue weighted by Crippen LogP contribution is -2.31. The summed E-state index contributed by atoms with van der Waals surface area (Å²) in [7, 11) is 1.85. The number of aromatic nitrogens is 2. The molecule has 2 rings (SSSR count). The summed E-state index contributed by atoms with van der Waals surface area (Å²) in [6, 6.07) is 5.48. The largest absolute Gasteiger partial charge is 0.573 e. The quantitative estimate of drug-likeness (QED) is 0.646. The fourth-order valence-corrected chi connectivity index (χ4v) is 1.93. The molecule has 0 unspecified atom stereocenters. The molecule has 0 spiro atoms. The van der Waals surface area contributed by atoms with Crippen molar-refractivity contribution >= 4 is 5.96 Å². The highest BCUT2D eigenvalue weighted by Crippen LogP contribution is 2.22. The summed E-state index contributed by atoms with van der Waals surface area (Å²) in [5, 5.41) is 7.09. The molecule has 0 saturated heterocycles. The Hall–Kier alpha value is -2.71. The highest BCUT2D eigenvalue weighted by molar-refractivity contribution is 5.77. The lowest BCUT2D eigenvalue weighted by molar-refractivity contribution is -0.274. The van der Waals surface area contributed by atoms with Gasteiger partial charge < -0.3 is 15.8 Å². The molecule has 1 heterocycles. The summed E-state index contributed by atoms with van der Waals surface area (Å²) < 4.78 is 41.8. The number of aliphatic imine (C=N–C) groups is 1. The number of alkyl halides is 3. The zero-order valence-electron chi connectivity index (χ0n) is 13.3. The molecule has 0 atom stereocenters. The number of benzene rings is 1. The molecule has 0 radical (unpaired) electrons. The highest BCUT2D eigenvalue weighted by Gasteiger charge is 2.30. The van der Waals surface area contributed by atoms with Gasteiger partial charge in [-0.1, -0.05) is 12.1 Å². The molecule has 130 valence electrons. The van der Waals surface area contributed by atoms with Crippen molar-refractivity contribution in [2.75, 3.05) is 0 Å². The topological polar surface area (TPSA) is 77.5 Å². The van der Waals surface area contributed by atoms with Crippen LogP contribution in [0.2, 0.25) is 0 Å². The average molecular weight is 341 g/mol. The summed E-state index contributed by atoms with van der Waals surface area (Å²) in [4.78, 5) is 4.14. The Kier molecular flexibility index (Phi) is 5.32. The Morgan fingerprint density at radius 2 is 2.00 bits per heavy atom. The van der Waals surface area contributed by atoms with Crippen molar-refractivity contribution in [3.63, 3.8) is 0 Å². The summed E-state index contributed by atoms with van der Waals surface area (Å²) >= 11 is 0. The van der Waals surface area contributed by atoms with Gasteiger partial charge in [0, 0.05) is 24.8 Å². The van der Waals surface area contributed by atoms with E-state index in [9.17, 15) is 13.2 Å². The van der Waals surface area contributed by atoms with Crippen LogP contribution in [0.1, 0.15) is 16.8 Å². The number of guanidine groups is 1. The van der Waals surface area contributed by atoms with Crippen molar-refractivity contribution in [2.45, 2.75) is 26.4 Å². The van der Waals surface area contributed by atoms with E-state index in [0.29, 0.717) is 12.1 Å². The van der Waals surface area contributed by atoms with E-state index >= 15 is 0 Å². The number of hydrogen-bond acceptors (Lipinski definition) is 3. The van der Waals surface area contributed by atoms with Crippen LogP contribution in [-0.2, 0) is 20.1 Å². The lowest BCUT2D eigenvalue weighted by Gasteiger charge is -2.09. The minimum absolute atomic E-state index is 0.244. The highest BCUT2D eigenvalue weighted by atomic mass is 19.4. The smallest absolute Gasteiger partial charge is 0.406 e. The Morgan fingerprint density at radius 1 is 1.33 bits per heavy atom. The van der Waals surface area contributed by atoms with E-state index in [0.717, 1.165) is 11.3 Å². The van der Waals surface area contributed by atoms with Crippen LogP contribution in [0.25, 0.3) is 0 Å². The van der Waals surface area contributed by atoms with Gasteiger partial charge in [-0.15, -0.1) is 13.2 Å². The van der Waals surface area contributed by atoms with Crippen LogP contribution >= 0.6 is 0 Å². The number of hydrogen-bond donors (Lipinski definition) is 2. The van der Waals surface area contributed by atoms with E-state index in [1.165, 1.54) is 24.3 Å². The molecule has 6 nitrogen and oxygen atoms in total. The molecule has 0 fully saturated rings. The van der Waals surface area contributed by atoms with Crippen molar-refractivity contribution in [1.29, 1.82) is 0 Å². The van der Waals surface area contributed by atoms with Crippen molar-refractivity contribution in [3.8, 4) is 5.75 Å². The Morgan fingerprint density at radius 3 is 2.54 bits per heavy atom. The van der Waals surface area contributed by atoms with Crippen LogP contribution in [0, 0.1) is 6.92 Å². The van der Waals surface area contributed by atoms with Crippen LogP contribution in [0.4, 0.5) is 13.2 Å². The molecule has 0 aliphatic rings. The SMILES string of the molecule is Cc1c(CNC(N)=NCc2ccc(OC(F)(F)F)cc2)cnn1C. The first-order chi connectivity index (χ1) is 11.2. The third-order valence-corrected chi connectivity index (χ3v) is 3.39. The van der Waals surface area contributed by atoms with Crippen molar-refractivity contribution < 1.29 is 17.9 Å². The maximum absolute atomic E-state index is 12.1. The van der Waals surface area contributed by atoms with E-state index < -0.39 is 6.36 Å². The molecular formula is C15H18F3N5O. The molecule has 0 saturated carbocycles.